The van der Waals surface area contributed by atoms with E-state index in [1.165, 1.54) is 16.7 Å². The fourth-order valence-electron chi connectivity index (χ4n) is 3.90. The van der Waals surface area contributed by atoms with Crippen molar-refractivity contribution in [2.24, 2.45) is 0 Å². The molecule has 2 amide bonds. The molecule has 0 saturated heterocycles. The zero-order valence-corrected chi connectivity index (χ0v) is 20.0. The van der Waals surface area contributed by atoms with Crippen LogP contribution in [0.1, 0.15) is 25.0 Å². The lowest BCUT2D eigenvalue weighted by Crippen LogP contribution is -2.39. The van der Waals surface area contributed by atoms with E-state index in [0.29, 0.717) is 5.16 Å². The van der Waals surface area contributed by atoms with Crippen molar-refractivity contribution in [3.05, 3.63) is 65.7 Å². The van der Waals surface area contributed by atoms with Gasteiger partial charge in [-0.15, -0.1) is 10.2 Å². The standard InChI is InChI=1S/C25H27N5O2S/c1-5-18-10-6-8-12-20(18)26-23(31)15-29(4)24(32)17(3)33-25-28-27-22-14-16(2)19-11-7-9-13-21(19)30(22)25/h6-14,17H,5,15H2,1-4H3,(H,26,31). The minimum atomic E-state index is -0.432. The van der Waals surface area contributed by atoms with Gasteiger partial charge in [-0.1, -0.05) is 55.1 Å². The molecule has 2 aromatic carbocycles. The van der Waals surface area contributed by atoms with Crippen molar-refractivity contribution in [1.29, 1.82) is 0 Å². The first kappa shape index (κ1) is 22.8. The van der Waals surface area contributed by atoms with Crippen molar-refractivity contribution in [3.8, 4) is 0 Å². The number of aromatic nitrogens is 3. The number of nitrogens with one attached hydrogen (secondary N) is 1. The minimum Gasteiger partial charge on any atom is -0.335 e. The normalized spacial score (nSPS) is 12.1. The maximum Gasteiger partial charge on any atom is 0.243 e. The summed E-state index contributed by atoms with van der Waals surface area (Å²) >= 11 is 1.34. The first-order valence-electron chi connectivity index (χ1n) is 10.9. The fourth-order valence-corrected chi connectivity index (χ4v) is 4.89. The van der Waals surface area contributed by atoms with Gasteiger partial charge in [0.05, 0.1) is 17.3 Å². The maximum absolute atomic E-state index is 13.0. The molecule has 0 aliphatic rings. The highest BCUT2D eigenvalue weighted by Crippen LogP contribution is 2.28. The predicted molar refractivity (Wildman–Crippen MR) is 133 cm³/mol. The molecular weight excluding hydrogens is 434 g/mol. The summed E-state index contributed by atoms with van der Waals surface area (Å²) in [6.45, 7) is 5.89. The summed E-state index contributed by atoms with van der Waals surface area (Å²) in [6.07, 6.45) is 0.819. The van der Waals surface area contributed by atoms with Crippen LogP contribution in [0, 0.1) is 6.92 Å². The first-order chi connectivity index (χ1) is 15.9. The quantitative estimate of drug-likeness (QED) is 0.415. The van der Waals surface area contributed by atoms with Gasteiger partial charge in [0.15, 0.2) is 10.8 Å². The maximum atomic E-state index is 13.0. The lowest BCUT2D eigenvalue weighted by atomic mass is 10.1. The molecule has 2 heterocycles. The Morgan fingerprint density at radius 3 is 2.64 bits per heavy atom. The number of aryl methyl sites for hydroxylation is 2. The molecule has 0 radical (unpaired) electrons. The summed E-state index contributed by atoms with van der Waals surface area (Å²) in [5, 5.41) is 12.9. The summed E-state index contributed by atoms with van der Waals surface area (Å²) < 4.78 is 1.98. The van der Waals surface area contributed by atoms with Crippen molar-refractivity contribution in [3.63, 3.8) is 0 Å². The number of rotatable bonds is 7. The van der Waals surface area contributed by atoms with Crippen LogP contribution in [-0.4, -0.2) is 50.2 Å². The molecule has 2 aromatic heterocycles. The van der Waals surface area contributed by atoms with Crippen LogP contribution in [0.4, 0.5) is 5.69 Å². The molecule has 4 rings (SSSR count). The van der Waals surface area contributed by atoms with Crippen molar-refractivity contribution >= 4 is 45.8 Å². The number of carbonyl (C=O) groups excluding carboxylic acids is 2. The highest BCUT2D eigenvalue weighted by Gasteiger charge is 2.23. The van der Waals surface area contributed by atoms with Crippen LogP contribution in [0.3, 0.4) is 0 Å². The molecule has 0 saturated carbocycles. The number of thioether (sulfide) groups is 1. The number of hydrogen-bond acceptors (Lipinski definition) is 5. The van der Waals surface area contributed by atoms with E-state index in [-0.39, 0.29) is 18.4 Å². The van der Waals surface area contributed by atoms with Crippen LogP contribution in [0.2, 0.25) is 0 Å². The summed E-state index contributed by atoms with van der Waals surface area (Å²) in [6, 6.07) is 17.8. The van der Waals surface area contributed by atoms with Gasteiger partial charge in [0.2, 0.25) is 11.8 Å². The number of benzene rings is 2. The summed E-state index contributed by atoms with van der Waals surface area (Å²) in [7, 11) is 1.64. The molecule has 0 aliphatic heterocycles. The van der Waals surface area contributed by atoms with Gasteiger partial charge in [-0.25, -0.2) is 0 Å². The fraction of sp³-hybridized carbons (Fsp3) is 0.280. The van der Waals surface area contributed by atoms with Crippen LogP contribution in [0.15, 0.2) is 59.8 Å². The minimum absolute atomic E-state index is 0.0233. The highest BCUT2D eigenvalue weighted by molar-refractivity contribution is 8.00. The Bertz CT molecular complexity index is 1330. The van der Waals surface area contributed by atoms with Crippen LogP contribution < -0.4 is 5.32 Å². The topological polar surface area (TPSA) is 79.6 Å². The number of fused-ring (bicyclic) bond motifs is 3. The number of nitrogens with zero attached hydrogens (tertiary/aromatic N) is 4. The number of para-hydroxylation sites is 2. The first-order valence-corrected chi connectivity index (χ1v) is 11.8. The second-order valence-corrected chi connectivity index (χ2v) is 9.34. The Morgan fingerprint density at radius 2 is 1.85 bits per heavy atom. The van der Waals surface area contributed by atoms with Gasteiger partial charge in [-0.3, -0.25) is 14.0 Å². The second-order valence-electron chi connectivity index (χ2n) is 8.03. The lowest BCUT2D eigenvalue weighted by Gasteiger charge is -2.20. The molecule has 33 heavy (non-hydrogen) atoms. The van der Waals surface area contributed by atoms with E-state index >= 15 is 0 Å². The number of likely N-dealkylation sites (N-methyl/N-ethyl adjacent to an activating group) is 1. The number of pyridine rings is 1. The van der Waals surface area contributed by atoms with Crippen molar-refractivity contribution < 1.29 is 9.59 Å². The third kappa shape index (κ3) is 4.71. The predicted octanol–water partition coefficient (Wildman–Crippen LogP) is 4.33. The zero-order valence-electron chi connectivity index (χ0n) is 19.2. The Balaban J connectivity index is 1.47. The van der Waals surface area contributed by atoms with E-state index in [2.05, 4.69) is 28.5 Å². The van der Waals surface area contributed by atoms with Gasteiger partial charge in [0, 0.05) is 18.1 Å². The van der Waals surface area contributed by atoms with Gasteiger partial charge < -0.3 is 10.2 Å². The third-order valence-electron chi connectivity index (χ3n) is 5.63. The van der Waals surface area contributed by atoms with Gasteiger partial charge in [0.25, 0.3) is 0 Å². The average molecular weight is 462 g/mol. The molecular formula is C25H27N5O2S. The van der Waals surface area contributed by atoms with E-state index in [1.807, 2.05) is 66.8 Å². The SMILES string of the molecule is CCc1ccccc1NC(=O)CN(C)C(=O)C(C)Sc1nnc2cc(C)c3ccccc3n12. The van der Waals surface area contributed by atoms with Gasteiger partial charge in [-0.2, -0.15) is 0 Å². The number of hydrogen-bond donors (Lipinski definition) is 1. The zero-order chi connectivity index (χ0) is 23.5. The van der Waals surface area contributed by atoms with Crippen molar-refractivity contribution in [2.45, 2.75) is 37.6 Å². The summed E-state index contributed by atoms with van der Waals surface area (Å²) in [5.74, 6) is -0.370. The molecule has 7 nitrogen and oxygen atoms in total. The highest BCUT2D eigenvalue weighted by atomic mass is 32.2. The molecule has 1 atom stereocenters. The van der Waals surface area contributed by atoms with E-state index in [9.17, 15) is 9.59 Å². The second kappa shape index (κ2) is 9.62. The number of carbonyl (C=O) groups is 2. The molecule has 0 fully saturated rings. The smallest absolute Gasteiger partial charge is 0.243 e. The van der Waals surface area contributed by atoms with Crippen LogP contribution in [0.5, 0.6) is 0 Å². The van der Waals surface area contributed by atoms with E-state index in [1.54, 1.807) is 7.05 Å². The Hall–Kier alpha value is -3.39. The largest absolute Gasteiger partial charge is 0.335 e. The van der Waals surface area contributed by atoms with Crippen LogP contribution in [-0.2, 0) is 16.0 Å². The summed E-state index contributed by atoms with van der Waals surface area (Å²) in [4.78, 5) is 27.0. The van der Waals surface area contributed by atoms with E-state index in [0.717, 1.165) is 39.8 Å². The number of anilines is 1. The molecule has 0 bridgehead atoms. The van der Waals surface area contributed by atoms with Gasteiger partial charge in [-0.05, 0) is 49.6 Å². The summed E-state index contributed by atoms with van der Waals surface area (Å²) in [5.41, 5.74) is 4.72. The van der Waals surface area contributed by atoms with Gasteiger partial charge >= 0.3 is 0 Å². The van der Waals surface area contributed by atoms with Crippen molar-refractivity contribution in [2.75, 3.05) is 18.9 Å². The molecule has 170 valence electrons. The molecule has 1 N–H and O–H groups in total. The molecule has 4 aromatic rings. The van der Waals surface area contributed by atoms with E-state index < -0.39 is 5.25 Å². The van der Waals surface area contributed by atoms with Crippen molar-refractivity contribution in [1.82, 2.24) is 19.5 Å². The van der Waals surface area contributed by atoms with Crippen LogP contribution >= 0.6 is 11.8 Å². The third-order valence-corrected chi connectivity index (χ3v) is 6.66. The monoisotopic (exact) mass is 461 g/mol. The lowest BCUT2D eigenvalue weighted by molar-refractivity contribution is -0.132. The average Bonchev–Trinajstić information content (AvgIpc) is 3.21. The molecule has 8 heteroatoms. The van der Waals surface area contributed by atoms with E-state index in [4.69, 9.17) is 0 Å². The number of amides is 2. The molecule has 0 aliphatic carbocycles. The Morgan fingerprint density at radius 1 is 1.12 bits per heavy atom. The van der Waals surface area contributed by atoms with Crippen LogP contribution in [0.25, 0.3) is 16.6 Å². The van der Waals surface area contributed by atoms with Gasteiger partial charge in [0.1, 0.15) is 0 Å². The molecule has 1 unspecified atom stereocenters. The Labute approximate surface area is 197 Å². The Kier molecular flexibility index (Phi) is 6.65. The molecule has 0 spiro atoms.